The van der Waals surface area contributed by atoms with Gasteiger partial charge in [0.2, 0.25) is 0 Å². The van der Waals surface area contributed by atoms with E-state index in [-0.39, 0.29) is 6.07 Å². The van der Waals surface area contributed by atoms with Crippen molar-refractivity contribution in [3.05, 3.63) is 23.8 Å². The van der Waals surface area contributed by atoms with Gasteiger partial charge in [-0.1, -0.05) is 17.6 Å². The van der Waals surface area contributed by atoms with Gasteiger partial charge in [0, 0.05) is 5.56 Å². The molecule has 0 radical (unpaired) electrons. The Labute approximate surface area is 80.4 Å². The predicted octanol–water partition coefficient (Wildman–Crippen LogP) is 2.47. The van der Waals surface area contributed by atoms with Gasteiger partial charge in [-0.2, -0.15) is 13.2 Å². The standard InChI is InChI=1S/C7H4BF6O/c9-7(10,11)4-2-1-3-5(15)6(4)8(12,13)14/h1-3,15H/q-1. The molecule has 0 aliphatic heterocycles. The van der Waals surface area contributed by atoms with Crippen molar-refractivity contribution >= 4 is 12.4 Å². The van der Waals surface area contributed by atoms with Crippen molar-refractivity contribution in [1.82, 2.24) is 0 Å². The molecular formula is C7H4BF6O-. The van der Waals surface area contributed by atoms with E-state index in [1.165, 1.54) is 0 Å². The predicted molar refractivity (Wildman–Crippen MR) is 41.8 cm³/mol. The molecular weight excluding hydrogens is 225 g/mol. The van der Waals surface area contributed by atoms with Crippen LogP contribution in [0.25, 0.3) is 0 Å². The van der Waals surface area contributed by atoms with E-state index < -0.39 is 29.9 Å². The number of benzene rings is 1. The summed E-state index contributed by atoms with van der Waals surface area (Å²) in [6, 6.07) is 1.56. The molecule has 8 heteroatoms. The lowest BCUT2D eigenvalue weighted by atomic mass is 9.76. The Morgan fingerprint density at radius 1 is 1.07 bits per heavy atom. The van der Waals surface area contributed by atoms with Crippen LogP contribution in [-0.2, 0) is 6.18 Å². The maximum absolute atomic E-state index is 12.2. The summed E-state index contributed by atoms with van der Waals surface area (Å²) in [6.07, 6.45) is -5.13. The first-order chi connectivity index (χ1) is 6.64. The summed E-state index contributed by atoms with van der Waals surface area (Å²) in [4.78, 5) is 0. The lowest BCUT2D eigenvalue weighted by Gasteiger charge is -2.22. The van der Waals surface area contributed by atoms with Gasteiger partial charge >= 0.3 is 13.2 Å². The number of halogens is 6. The lowest BCUT2D eigenvalue weighted by molar-refractivity contribution is -0.137. The van der Waals surface area contributed by atoms with E-state index in [2.05, 4.69) is 0 Å². The fraction of sp³-hybridized carbons (Fsp3) is 0.143. The maximum atomic E-state index is 12.2. The third-order valence-corrected chi connectivity index (χ3v) is 1.72. The molecule has 0 saturated carbocycles. The number of phenolic OH excluding ortho intramolecular Hbond substituents is 1. The van der Waals surface area contributed by atoms with Crippen LogP contribution >= 0.6 is 0 Å². The van der Waals surface area contributed by atoms with Gasteiger partial charge in [-0.3, -0.25) is 0 Å². The molecule has 0 fully saturated rings. The molecule has 1 aromatic rings. The van der Waals surface area contributed by atoms with E-state index in [1.54, 1.807) is 0 Å². The van der Waals surface area contributed by atoms with E-state index in [1.807, 2.05) is 0 Å². The topological polar surface area (TPSA) is 20.2 Å². The van der Waals surface area contributed by atoms with Crippen LogP contribution in [0.15, 0.2) is 18.2 Å². The Hall–Kier alpha value is -1.34. The molecule has 0 heterocycles. The third kappa shape index (κ3) is 2.37. The second-order valence-electron chi connectivity index (χ2n) is 2.81. The molecule has 0 amide bonds. The number of rotatable bonds is 1. The van der Waals surface area contributed by atoms with Crippen molar-refractivity contribution in [2.24, 2.45) is 0 Å². The molecule has 1 rings (SSSR count). The second-order valence-corrected chi connectivity index (χ2v) is 2.81. The highest BCUT2D eigenvalue weighted by molar-refractivity contribution is 6.74. The summed E-state index contributed by atoms with van der Waals surface area (Å²) in [7, 11) is 0. The monoisotopic (exact) mass is 229 g/mol. The Balaban J connectivity index is 3.48. The summed E-state index contributed by atoms with van der Waals surface area (Å²) in [5, 5.41) is 8.79. The van der Waals surface area contributed by atoms with Crippen LogP contribution in [0.5, 0.6) is 5.75 Å². The summed E-state index contributed by atoms with van der Waals surface area (Å²) in [5.74, 6) is -1.41. The van der Waals surface area contributed by atoms with Crippen LogP contribution in [0.1, 0.15) is 5.56 Å². The van der Waals surface area contributed by atoms with E-state index in [0.29, 0.717) is 12.1 Å². The highest BCUT2D eigenvalue weighted by Gasteiger charge is 2.41. The fourth-order valence-corrected chi connectivity index (χ4v) is 1.14. The van der Waals surface area contributed by atoms with Gasteiger partial charge in [0.05, 0.1) is 5.75 Å². The number of hydrogen-bond acceptors (Lipinski definition) is 1. The Morgan fingerprint density at radius 2 is 1.60 bits per heavy atom. The number of hydrogen-bond donors (Lipinski definition) is 1. The Morgan fingerprint density at radius 3 is 1.93 bits per heavy atom. The lowest BCUT2D eigenvalue weighted by Crippen LogP contribution is -2.39. The molecule has 0 unspecified atom stereocenters. The van der Waals surface area contributed by atoms with Gasteiger partial charge in [0.15, 0.2) is 0 Å². The van der Waals surface area contributed by atoms with E-state index in [0.717, 1.165) is 0 Å². The van der Waals surface area contributed by atoms with Gasteiger partial charge < -0.3 is 18.1 Å². The highest BCUT2D eigenvalue weighted by atomic mass is 19.4. The first kappa shape index (κ1) is 11.7. The minimum Gasteiger partial charge on any atom is -0.511 e. The molecule has 84 valence electrons. The molecule has 0 bridgehead atoms. The van der Waals surface area contributed by atoms with Crippen molar-refractivity contribution in [2.75, 3.05) is 0 Å². The van der Waals surface area contributed by atoms with Gasteiger partial charge in [-0.05, 0) is 6.07 Å². The molecule has 15 heavy (non-hydrogen) atoms. The van der Waals surface area contributed by atoms with Crippen LogP contribution in [0.2, 0.25) is 0 Å². The minimum atomic E-state index is -5.90. The van der Waals surface area contributed by atoms with Gasteiger partial charge in [0.25, 0.3) is 0 Å². The Bertz CT molecular complexity index is 369. The molecule has 0 saturated heterocycles. The van der Waals surface area contributed by atoms with E-state index in [4.69, 9.17) is 5.11 Å². The van der Waals surface area contributed by atoms with Crippen LogP contribution in [-0.4, -0.2) is 12.1 Å². The molecule has 1 aromatic carbocycles. The fourth-order valence-electron chi connectivity index (χ4n) is 1.14. The molecule has 0 aliphatic carbocycles. The van der Waals surface area contributed by atoms with Gasteiger partial charge in [0.1, 0.15) is 0 Å². The largest absolute Gasteiger partial charge is 0.513 e. The summed E-state index contributed by atoms with van der Waals surface area (Å²) >= 11 is 0. The van der Waals surface area contributed by atoms with Crippen molar-refractivity contribution in [2.45, 2.75) is 6.18 Å². The third-order valence-electron chi connectivity index (χ3n) is 1.72. The van der Waals surface area contributed by atoms with Crippen molar-refractivity contribution in [1.29, 1.82) is 0 Å². The van der Waals surface area contributed by atoms with Crippen LogP contribution < -0.4 is 5.46 Å². The first-order valence-electron chi connectivity index (χ1n) is 3.73. The average Bonchev–Trinajstić information content (AvgIpc) is 1.99. The van der Waals surface area contributed by atoms with E-state index >= 15 is 0 Å². The number of phenols is 1. The minimum absolute atomic E-state index is 0.282. The molecule has 0 spiro atoms. The summed E-state index contributed by atoms with van der Waals surface area (Å²) in [6.45, 7) is -5.90. The van der Waals surface area contributed by atoms with Crippen LogP contribution in [0, 0.1) is 0 Å². The first-order valence-corrected chi connectivity index (χ1v) is 3.73. The van der Waals surface area contributed by atoms with Crippen LogP contribution in [0.4, 0.5) is 26.1 Å². The normalized spacial score (nSPS) is 12.9. The zero-order valence-electron chi connectivity index (χ0n) is 7.02. The zero-order valence-corrected chi connectivity index (χ0v) is 7.02. The smallest absolute Gasteiger partial charge is 0.511 e. The number of alkyl halides is 3. The molecule has 1 nitrogen and oxygen atoms in total. The molecule has 0 aromatic heterocycles. The second kappa shape index (κ2) is 3.35. The van der Waals surface area contributed by atoms with E-state index in [9.17, 15) is 26.1 Å². The van der Waals surface area contributed by atoms with Gasteiger partial charge in [-0.15, -0.1) is 0 Å². The highest BCUT2D eigenvalue weighted by Crippen LogP contribution is 2.32. The molecule has 1 N–H and O–H groups in total. The van der Waals surface area contributed by atoms with Crippen molar-refractivity contribution < 1.29 is 31.2 Å². The quantitative estimate of drug-likeness (QED) is 0.579. The zero-order chi connectivity index (χ0) is 11.9. The number of aromatic hydroxyl groups is 1. The summed E-state index contributed by atoms with van der Waals surface area (Å²) in [5.41, 5.74) is -3.86. The SMILES string of the molecule is Oc1cccc(C(F)(F)F)c1[B-](F)(F)F. The van der Waals surface area contributed by atoms with Crippen molar-refractivity contribution in [3.8, 4) is 5.75 Å². The summed E-state index contributed by atoms with van der Waals surface area (Å²) < 4.78 is 73.2. The molecule has 0 aliphatic rings. The van der Waals surface area contributed by atoms with Crippen molar-refractivity contribution in [3.63, 3.8) is 0 Å². The molecule has 0 atom stereocenters. The maximum Gasteiger partial charge on any atom is 0.513 e. The average molecular weight is 229 g/mol. The Kier molecular flexibility index (Phi) is 2.63. The van der Waals surface area contributed by atoms with Crippen LogP contribution in [0.3, 0.4) is 0 Å². The van der Waals surface area contributed by atoms with Gasteiger partial charge in [-0.25, -0.2) is 0 Å².